The number of piperidine rings is 1. The third-order valence-electron chi connectivity index (χ3n) is 5.36. The van der Waals surface area contributed by atoms with Crippen LogP contribution in [-0.4, -0.2) is 43.2 Å². The molecule has 6 nitrogen and oxygen atoms in total. The maximum Gasteiger partial charge on any atom is 0.226 e. The van der Waals surface area contributed by atoms with E-state index in [1.165, 1.54) is 24.2 Å². The van der Waals surface area contributed by atoms with E-state index in [1.54, 1.807) is 14.2 Å². The topological polar surface area (TPSA) is 72.5 Å². The number of rotatable bonds is 6. The summed E-state index contributed by atoms with van der Waals surface area (Å²) in [5, 5.41) is 9.63. The van der Waals surface area contributed by atoms with Gasteiger partial charge in [-0.2, -0.15) is 0 Å². The van der Waals surface area contributed by atoms with Gasteiger partial charge in [0, 0.05) is 29.1 Å². The third-order valence-corrected chi connectivity index (χ3v) is 6.30. The zero-order valence-corrected chi connectivity index (χ0v) is 18.9. The summed E-state index contributed by atoms with van der Waals surface area (Å²) in [6, 6.07) is 7.17. The predicted octanol–water partition coefficient (Wildman–Crippen LogP) is 3.61. The smallest absolute Gasteiger partial charge is 0.226 e. The monoisotopic (exact) mass is 459 g/mol. The van der Waals surface area contributed by atoms with Gasteiger partial charge in [0.15, 0.2) is 11.5 Å². The molecule has 1 aromatic heterocycles. The number of benzene rings is 1. The molecule has 1 amide bonds. The minimum absolute atomic E-state index is 0. The molecule has 2 saturated heterocycles. The Morgan fingerprint density at radius 2 is 1.86 bits per heavy atom. The number of carbonyl (C=O) groups excluding carboxylic acids is 1. The second-order valence-electron chi connectivity index (χ2n) is 7.26. The summed E-state index contributed by atoms with van der Waals surface area (Å²) in [6.45, 7) is 0. The molecule has 0 spiro atoms. The molecular formula is C20H27Cl2N3O3S. The lowest BCUT2D eigenvalue weighted by Crippen LogP contribution is -2.48. The maximum atomic E-state index is 12.4. The van der Waals surface area contributed by atoms with E-state index < -0.39 is 0 Å². The number of amides is 1. The lowest BCUT2D eigenvalue weighted by molar-refractivity contribution is -0.121. The zero-order valence-electron chi connectivity index (χ0n) is 16.5. The van der Waals surface area contributed by atoms with Crippen LogP contribution in [-0.2, 0) is 11.2 Å². The van der Waals surface area contributed by atoms with Crippen molar-refractivity contribution in [2.75, 3.05) is 14.2 Å². The van der Waals surface area contributed by atoms with Crippen LogP contribution in [0, 0.1) is 0 Å². The van der Waals surface area contributed by atoms with E-state index >= 15 is 0 Å². The first kappa shape index (κ1) is 23.7. The molecule has 3 heterocycles. The van der Waals surface area contributed by atoms with E-state index in [4.69, 9.17) is 9.47 Å². The second kappa shape index (κ2) is 10.5. The molecule has 2 unspecified atom stereocenters. The van der Waals surface area contributed by atoms with E-state index in [-0.39, 0.29) is 30.7 Å². The third kappa shape index (κ3) is 5.54. The minimum Gasteiger partial charge on any atom is -0.493 e. The Balaban J connectivity index is 0.00000150. The van der Waals surface area contributed by atoms with E-state index in [0.717, 1.165) is 29.1 Å². The lowest BCUT2D eigenvalue weighted by atomic mass is 9.99. The molecule has 29 heavy (non-hydrogen) atoms. The fraction of sp³-hybridized carbons (Fsp3) is 0.500. The summed E-state index contributed by atoms with van der Waals surface area (Å²) >= 11 is 1.54. The molecular weight excluding hydrogens is 433 g/mol. The van der Waals surface area contributed by atoms with Crippen molar-refractivity contribution in [1.82, 2.24) is 15.6 Å². The van der Waals surface area contributed by atoms with Gasteiger partial charge in [-0.1, -0.05) is 0 Å². The Morgan fingerprint density at radius 1 is 1.17 bits per heavy atom. The van der Waals surface area contributed by atoms with Crippen molar-refractivity contribution in [1.29, 1.82) is 0 Å². The minimum atomic E-state index is 0. The largest absolute Gasteiger partial charge is 0.493 e. The average Bonchev–Trinajstić information content (AvgIpc) is 3.27. The number of ether oxygens (including phenoxy) is 2. The first-order valence-electron chi connectivity index (χ1n) is 9.37. The summed E-state index contributed by atoms with van der Waals surface area (Å²) in [5.41, 5.74) is 1.76. The van der Waals surface area contributed by atoms with Gasteiger partial charge in [0.25, 0.3) is 0 Å². The number of methoxy groups -OCH3 is 2. The lowest BCUT2D eigenvalue weighted by Gasteiger charge is -2.29. The Labute approximate surface area is 187 Å². The number of hydrogen-bond acceptors (Lipinski definition) is 6. The number of fused-ring (bicyclic) bond motifs is 2. The Bertz CT molecular complexity index is 821. The van der Waals surface area contributed by atoms with Crippen LogP contribution in [0.25, 0.3) is 10.6 Å². The van der Waals surface area contributed by atoms with Gasteiger partial charge in [0.05, 0.1) is 26.3 Å². The number of thiazole rings is 1. The van der Waals surface area contributed by atoms with Crippen molar-refractivity contribution < 1.29 is 14.3 Å². The number of nitrogens with one attached hydrogen (secondary N) is 2. The van der Waals surface area contributed by atoms with Crippen molar-refractivity contribution in [3.05, 3.63) is 29.3 Å². The van der Waals surface area contributed by atoms with Crippen molar-refractivity contribution in [3.63, 3.8) is 0 Å². The van der Waals surface area contributed by atoms with Crippen molar-refractivity contribution >= 4 is 42.1 Å². The highest BCUT2D eigenvalue weighted by molar-refractivity contribution is 7.13. The SMILES string of the molecule is COc1ccc(-c2nc(CC(=O)NC3CC4CCC(C3)N4)cs2)cc1OC.Cl.Cl. The fourth-order valence-electron chi connectivity index (χ4n) is 4.11. The predicted molar refractivity (Wildman–Crippen MR) is 120 cm³/mol. The maximum absolute atomic E-state index is 12.4. The van der Waals surface area contributed by atoms with E-state index in [9.17, 15) is 4.79 Å². The highest BCUT2D eigenvalue weighted by Gasteiger charge is 2.33. The van der Waals surface area contributed by atoms with E-state index in [1.807, 2.05) is 23.6 Å². The van der Waals surface area contributed by atoms with E-state index in [2.05, 4.69) is 15.6 Å². The van der Waals surface area contributed by atoms with Crippen molar-refractivity contribution in [3.8, 4) is 22.1 Å². The Hall–Kier alpha value is -1.54. The van der Waals surface area contributed by atoms with Crippen LogP contribution in [0.1, 0.15) is 31.4 Å². The summed E-state index contributed by atoms with van der Waals surface area (Å²) < 4.78 is 10.6. The van der Waals surface area contributed by atoms with Crippen LogP contribution in [0.15, 0.2) is 23.6 Å². The molecule has 0 aliphatic carbocycles. The molecule has 0 saturated carbocycles. The molecule has 1 aromatic carbocycles. The normalized spacial score (nSPS) is 22.2. The molecule has 2 atom stereocenters. The fourth-order valence-corrected chi connectivity index (χ4v) is 4.93. The molecule has 4 rings (SSSR count). The Kier molecular flexibility index (Phi) is 8.58. The van der Waals surface area contributed by atoms with Crippen molar-refractivity contribution in [2.45, 2.75) is 50.2 Å². The van der Waals surface area contributed by atoms with Gasteiger partial charge >= 0.3 is 0 Å². The molecule has 9 heteroatoms. The van der Waals surface area contributed by atoms with Gasteiger partial charge < -0.3 is 20.1 Å². The summed E-state index contributed by atoms with van der Waals surface area (Å²) in [7, 11) is 3.23. The summed E-state index contributed by atoms with van der Waals surface area (Å²) in [5.74, 6) is 1.42. The molecule has 2 bridgehead atoms. The molecule has 2 aliphatic heterocycles. The molecule has 2 aromatic rings. The number of aromatic nitrogens is 1. The van der Waals surface area contributed by atoms with Gasteiger partial charge in [-0.15, -0.1) is 36.2 Å². The van der Waals surface area contributed by atoms with Gasteiger partial charge in [-0.05, 0) is 43.9 Å². The van der Waals surface area contributed by atoms with Gasteiger partial charge in [0.1, 0.15) is 5.01 Å². The van der Waals surface area contributed by atoms with Gasteiger partial charge in [0.2, 0.25) is 5.91 Å². The number of hydrogen-bond donors (Lipinski definition) is 2. The number of nitrogens with zero attached hydrogens (tertiary/aromatic N) is 1. The molecule has 160 valence electrons. The van der Waals surface area contributed by atoms with Crippen LogP contribution >= 0.6 is 36.2 Å². The van der Waals surface area contributed by atoms with Crippen LogP contribution in [0.4, 0.5) is 0 Å². The molecule has 2 aliphatic rings. The highest BCUT2D eigenvalue weighted by Crippen LogP contribution is 2.33. The second-order valence-corrected chi connectivity index (χ2v) is 8.12. The molecule has 0 radical (unpaired) electrons. The summed E-state index contributed by atoms with van der Waals surface area (Å²) in [6.07, 6.45) is 4.87. The average molecular weight is 460 g/mol. The standard InChI is InChI=1S/C20H25N3O3S.2ClH/c1-25-17-6-3-12(7-18(17)26-2)20-23-16(11-27-20)10-19(24)22-15-8-13-4-5-14(9-15)21-13;;/h3,6-7,11,13-15,21H,4-5,8-10H2,1-2H3,(H,22,24);2*1H. The van der Waals surface area contributed by atoms with Crippen molar-refractivity contribution in [2.24, 2.45) is 0 Å². The summed E-state index contributed by atoms with van der Waals surface area (Å²) in [4.78, 5) is 17.1. The van der Waals surface area contributed by atoms with Crippen LogP contribution in [0.2, 0.25) is 0 Å². The van der Waals surface area contributed by atoms with Crippen LogP contribution < -0.4 is 20.1 Å². The van der Waals surface area contributed by atoms with Gasteiger partial charge in [-0.25, -0.2) is 4.98 Å². The quantitative estimate of drug-likeness (QED) is 0.689. The molecule has 2 N–H and O–H groups in total. The number of carbonyl (C=O) groups is 1. The number of halogens is 2. The van der Waals surface area contributed by atoms with Gasteiger partial charge in [-0.3, -0.25) is 4.79 Å². The Morgan fingerprint density at radius 3 is 2.52 bits per heavy atom. The highest BCUT2D eigenvalue weighted by atomic mass is 35.5. The first-order chi connectivity index (χ1) is 13.1. The van der Waals surface area contributed by atoms with E-state index in [0.29, 0.717) is 36.0 Å². The molecule has 2 fully saturated rings. The first-order valence-corrected chi connectivity index (χ1v) is 10.2. The van der Waals surface area contributed by atoms with Crippen LogP contribution in [0.5, 0.6) is 11.5 Å². The van der Waals surface area contributed by atoms with Crippen LogP contribution in [0.3, 0.4) is 0 Å². The zero-order chi connectivity index (χ0) is 18.8.